The van der Waals surface area contributed by atoms with E-state index < -0.39 is 35.3 Å². The Morgan fingerprint density at radius 2 is 1.70 bits per heavy atom. The second kappa shape index (κ2) is 8.84. The molecule has 2 aromatic rings. The van der Waals surface area contributed by atoms with Crippen molar-refractivity contribution in [3.05, 3.63) is 57.9 Å². The van der Waals surface area contributed by atoms with Crippen molar-refractivity contribution in [1.29, 1.82) is 0 Å². The number of ketones is 1. The van der Waals surface area contributed by atoms with Crippen LogP contribution in [0.2, 0.25) is 0 Å². The Hall–Kier alpha value is -3.42. The Morgan fingerprint density at radius 1 is 1.09 bits per heavy atom. The molecule has 3 rings (SSSR count). The molecule has 0 aliphatic carbocycles. The van der Waals surface area contributed by atoms with Gasteiger partial charge in [-0.05, 0) is 57.2 Å². The van der Waals surface area contributed by atoms with Crippen LogP contribution in [0.5, 0.6) is 0 Å². The van der Waals surface area contributed by atoms with Gasteiger partial charge in [-0.15, -0.1) is 0 Å². The topological polar surface area (TPSA) is 109 Å². The van der Waals surface area contributed by atoms with E-state index in [2.05, 4.69) is 24.1 Å². The van der Waals surface area contributed by atoms with Gasteiger partial charge in [0.1, 0.15) is 11.6 Å². The summed E-state index contributed by atoms with van der Waals surface area (Å²) in [6, 6.07) is 5.82. The second-order valence-corrected chi connectivity index (χ2v) is 8.89. The molecule has 1 aliphatic heterocycles. The first-order valence-electron chi connectivity index (χ1n) is 11.1. The summed E-state index contributed by atoms with van der Waals surface area (Å²) in [5.41, 5.74) is 1.88. The summed E-state index contributed by atoms with van der Waals surface area (Å²) in [5.74, 6) is -1.16. The number of esters is 1. The van der Waals surface area contributed by atoms with E-state index in [-0.39, 0.29) is 12.3 Å². The highest BCUT2D eigenvalue weighted by molar-refractivity contribution is 6.13. The molecule has 2 heterocycles. The Morgan fingerprint density at radius 3 is 2.24 bits per heavy atom. The van der Waals surface area contributed by atoms with Crippen LogP contribution in [0.25, 0.3) is 0 Å². The van der Waals surface area contributed by atoms with E-state index in [9.17, 15) is 19.2 Å². The minimum absolute atomic E-state index is 0.179. The van der Waals surface area contributed by atoms with Crippen molar-refractivity contribution in [3.63, 3.8) is 0 Å². The third kappa shape index (κ3) is 4.05. The highest BCUT2D eigenvalue weighted by atomic mass is 16.5. The number of hydrogen-bond acceptors (Lipinski definition) is 5. The molecule has 1 aromatic heterocycles. The van der Waals surface area contributed by atoms with Crippen LogP contribution in [0.3, 0.4) is 0 Å². The lowest BCUT2D eigenvalue weighted by Crippen LogP contribution is -2.45. The van der Waals surface area contributed by atoms with Crippen LogP contribution in [0.1, 0.15) is 83.8 Å². The number of aromatic amines is 1. The van der Waals surface area contributed by atoms with E-state index in [1.54, 1.807) is 27.7 Å². The zero-order valence-electron chi connectivity index (χ0n) is 20.2. The highest BCUT2D eigenvalue weighted by Crippen LogP contribution is 2.32. The number of benzene rings is 1. The number of amides is 3. The number of aromatic nitrogens is 1. The lowest BCUT2D eigenvalue weighted by atomic mass is 9.89. The molecule has 1 aromatic carbocycles. The maximum absolute atomic E-state index is 13.4. The summed E-state index contributed by atoms with van der Waals surface area (Å²) in [5, 5.41) is 2.75. The molecular formula is C25H31N3O5. The molecule has 0 unspecified atom stereocenters. The Balaban J connectivity index is 1.90. The summed E-state index contributed by atoms with van der Waals surface area (Å²) < 4.78 is 5.08. The molecule has 0 spiro atoms. The van der Waals surface area contributed by atoms with Crippen LogP contribution in [0.15, 0.2) is 24.3 Å². The molecule has 176 valence electrons. The van der Waals surface area contributed by atoms with E-state index in [1.807, 2.05) is 24.3 Å². The molecule has 0 radical (unpaired) electrons. The van der Waals surface area contributed by atoms with Crippen LogP contribution < -0.4 is 5.32 Å². The fourth-order valence-corrected chi connectivity index (χ4v) is 4.24. The fraction of sp³-hybridized carbons (Fsp3) is 0.440. The molecule has 1 saturated heterocycles. The van der Waals surface area contributed by atoms with Gasteiger partial charge in [-0.25, -0.2) is 9.59 Å². The maximum atomic E-state index is 13.4. The number of H-pyrrole nitrogens is 1. The minimum Gasteiger partial charge on any atom is -0.462 e. The van der Waals surface area contributed by atoms with E-state index in [1.165, 1.54) is 6.92 Å². The molecule has 1 aliphatic rings. The van der Waals surface area contributed by atoms with Crippen molar-refractivity contribution in [3.8, 4) is 0 Å². The molecule has 0 bridgehead atoms. The normalized spacial score (nSPS) is 19.1. The summed E-state index contributed by atoms with van der Waals surface area (Å²) in [4.78, 5) is 55.7. The molecule has 1 fully saturated rings. The summed E-state index contributed by atoms with van der Waals surface area (Å²) in [7, 11) is 0. The van der Waals surface area contributed by atoms with Gasteiger partial charge in [-0.3, -0.25) is 14.5 Å². The fourth-order valence-electron chi connectivity index (χ4n) is 4.24. The highest BCUT2D eigenvalue weighted by Gasteiger charge is 2.52. The van der Waals surface area contributed by atoms with Crippen molar-refractivity contribution in [1.82, 2.24) is 15.2 Å². The van der Waals surface area contributed by atoms with Gasteiger partial charge >= 0.3 is 12.0 Å². The van der Waals surface area contributed by atoms with Gasteiger partial charge < -0.3 is 15.0 Å². The van der Waals surface area contributed by atoms with Crippen molar-refractivity contribution < 1.29 is 23.9 Å². The van der Waals surface area contributed by atoms with Crippen LogP contribution in [-0.2, 0) is 15.1 Å². The van der Waals surface area contributed by atoms with E-state index in [0.29, 0.717) is 28.3 Å². The number of rotatable bonds is 7. The standard InChI is InChI=1S/C25H31N3O5/c1-8-33-22(30)19-14(4)20(26-15(19)5)21(29)16(6)28-23(31)25(7,27-24(28)32)18-11-9-17(10-12-18)13(2)3/h9-13,16,26H,8H2,1-7H3,(H,27,32)/t16-,25-/m0/s1. The Bertz CT molecular complexity index is 1120. The molecule has 8 nitrogen and oxygen atoms in total. The van der Waals surface area contributed by atoms with Gasteiger partial charge in [0.05, 0.1) is 17.9 Å². The van der Waals surface area contributed by atoms with E-state index >= 15 is 0 Å². The first-order chi connectivity index (χ1) is 15.4. The zero-order valence-corrected chi connectivity index (χ0v) is 20.2. The monoisotopic (exact) mass is 453 g/mol. The van der Waals surface area contributed by atoms with E-state index in [4.69, 9.17) is 4.74 Å². The number of nitrogens with zero attached hydrogens (tertiary/aromatic N) is 1. The zero-order chi connectivity index (χ0) is 24.7. The average Bonchev–Trinajstić information content (AvgIpc) is 3.19. The summed E-state index contributed by atoms with van der Waals surface area (Å²) in [6.45, 7) is 12.5. The molecular weight excluding hydrogens is 422 g/mol. The van der Waals surface area contributed by atoms with Crippen LogP contribution in [0.4, 0.5) is 4.79 Å². The number of Topliss-reactive ketones (excluding diaryl/α,β-unsaturated/α-hetero) is 1. The predicted molar refractivity (Wildman–Crippen MR) is 123 cm³/mol. The summed E-state index contributed by atoms with van der Waals surface area (Å²) >= 11 is 0. The number of imide groups is 1. The maximum Gasteiger partial charge on any atom is 0.340 e. The van der Waals surface area contributed by atoms with Gasteiger partial charge in [0.25, 0.3) is 5.91 Å². The average molecular weight is 454 g/mol. The Labute approximate surface area is 193 Å². The third-order valence-corrected chi connectivity index (χ3v) is 6.31. The number of carbonyl (C=O) groups excluding carboxylic acids is 4. The molecule has 2 N–H and O–H groups in total. The van der Waals surface area contributed by atoms with Gasteiger partial charge in [0, 0.05) is 5.69 Å². The molecule has 3 amide bonds. The number of carbonyl (C=O) groups is 4. The molecule has 2 atom stereocenters. The predicted octanol–water partition coefficient (Wildman–Crippen LogP) is 3.97. The quantitative estimate of drug-likeness (QED) is 0.375. The second-order valence-electron chi connectivity index (χ2n) is 8.89. The Kier molecular flexibility index (Phi) is 6.49. The van der Waals surface area contributed by atoms with Gasteiger partial charge in [-0.2, -0.15) is 0 Å². The van der Waals surface area contributed by atoms with Crippen LogP contribution >= 0.6 is 0 Å². The number of nitrogens with one attached hydrogen (secondary N) is 2. The SMILES string of the molecule is CCOC(=O)c1c(C)[nH]c(C(=O)[C@H](C)N2C(=O)N[C@@](C)(c3ccc(C(C)C)cc3)C2=O)c1C. The lowest BCUT2D eigenvalue weighted by molar-refractivity contribution is -0.131. The van der Waals surface area contributed by atoms with Crippen molar-refractivity contribution in [2.75, 3.05) is 6.61 Å². The van der Waals surface area contributed by atoms with Crippen LogP contribution in [0, 0.1) is 13.8 Å². The number of urea groups is 1. The van der Waals surface area contributed by atoms with E-state index in [0.717, 1.165) is 10.5 Å². The lowest BCUT2D eigenvalue weighted by Gasteiger charge is -2.24. The number of ether oxygens (including phenoxy) is 1. The first-order valence-corrected chi connectivity index (χ1v) is 11.1. The van der Waals surface area contributed by atoms with Crippen molar-refractivity contribution in [2.45, 2.75) is 66.0 Å². The van der Waals surface area contributed by atoms with Crippen LogP contribution in [-0.4, -0.2) is 46.2 Å². The summed E-state index contributed by atoms with van der Waals surface area (Å²) in [6.07, 6.45) is 0. The van der Waals surface area contributed by atoms with Crippen molar-refractivity contribution >= 4 is 23.7 Å². The first kappa shape index (κ1) is 24.2. The molecule has 33 heavy (non-hydrogen) atoms. The number of hydrogen-bond donors (Lipinski definition) is 2. The van der Waals surface area contributed by atoms with Gasteiger partial charge in [0.15, 0.2) is 0 Å². The molecule has 8 heteroatoms. The number of aryl methyl sites for hydroxylation is 1. The van der Waals surface area contributed by atoms with Crippen molar-refractivity contribution in [2.24, 2.45) is 0 Å². The minimum atomic E-state index is -1.28. The third-order valence-electron chi connectivity index (χ3n) is 6.31. The largest absolute Gasteiger partial charge is 0.462 e. The van der Waals surface area contributed by atoms with Gasteiger partial charge in [-0.1, -0.05) is 38.1 Å². The smallest absolute Gasteiger partial charge is 0.340 e. The molecule has 0 saturated carbocycles. The van der Waals surface area contributed by atoms with Gasteiger partial charge in [0.2, 0.25) is 5.78 Å².